The Kier molecular flexibility index (Phi) is 4.91. The van der Waals surface area contributed by atoms with E-state index in [-0.39, 0.29) is 5.91 Å². The van der Waals surface area contributed by atoms with Gasteiger partial charge < -0.3 is 9.64 Å². The minimum Gasteiger partial charge on any atom is -0.497 e. The van der Waals surface area contributed by atoms with E-state index in [9.17, 15) is 4.79 Å². The SMILES string of the molecule is COc1ccc(CC2CCN(C(=O)c3ccccn3)CC2)cc1. The number of piperidine rings is 1. The maximum Gasteiger partial charge on any atom is 0.272 e. The Morgan fingerprint density at radius 1 is 1.17 bits per heavy atom. The molecule has 1 aliphatic rings. The number of likely N-dealkylation sites (tertiary alicyclic amines) is 1. The molecule has 1 fully saturated rings. The summed E-state index contributed by atoms with van der Waals surface area (Å²) in [4.78, 5) is 18.5. The van der Waals surface area contributed by atoms with Gasteiger partial charge in [-0.05, 0) is 55.0 Å². The van der Waals surface area contributed by atoms with Crippen LogP contribution < -0.4 is 4.74 Å². The molecule has 0 aliphatic carbocycles. The number of pyridine rings is 1. The van der Waals surface area contributed by atoms with Crippen LogP contribution in [-0.4, -0.2) is 36.0 Å². The Morgan fingerprint density at radius 2 is 1.91 bits per heavy atom. The number of hydrogen-bond acceptors (Lipinski definition) is 3. The molecule has 0 N–H and O–H groups in total. The molecular weight excluding hydrogens is 288 g/mol. The van der Waals surface area contributed by atoms with Crippen molar-refractivity contribution >= 4 is 5.91 Å². The van der Waals surface area contributed by atoms with E-state index in [1.54, 1.807) is 19.4 Å². The average Bonchev–Trinajstić information content (AvgIpc) is 2.63. The molecule has 3 rings (SSSR count). The number of carbonyl (C=O) groups is 1. The first-order chi connectivity index (χ1) is 11.3. The van der Waals surface area contributed by atoms with Crippen molar-refractivity contribution in [3.63, 3.8) is 0 Å². The number of amides is 1. The van der Waals surface area contributed by atoms with Crippen LogP contribution in [0.4, 0.5) is 0 Å². The van der Waals surface area contributed by atoms with Gasteiger partial charge in [0.05, 0.1) is 7.11 Å². The summed E-state index contributed by atoms with van der Waals surface area (Å²) in [6, 6.07) is 13.7. The monoisotopic (exact) mass is 310 g/mol. The summed E-state index contributed by atoms with van der Waals surface area (Å²) in [5, 5.41) is 0. The van der Waals surface area contributed by atoms with E-state index in [1.807, 2.05) is 29.2 Å². The van der Waals surface area contributed by atoms with Gasteiger partial charge in [-0.2, -0.15) is 0 Å². The fraction of sp³-hybridized carbons (Fsp3) is 0.368. The van der Waals surface area contributed by atoms with E-state index in [2.05, 4.69) is 17.1 Å². The number of aromatic nitrogens is 1. The Morgan fingerprint density at radius 3 is 2.52 bits per heavy atom. The van der Waals surface area contributed by atoms with Gasteiger partial charge in [0.25, 0.3) is 5.91 Å². The fourth-order valence-corrected chi connectivity index (χ4v) is 3.09. The van der Waals surface area contributed by atoms with Gasteiger partial charge in [-0.25, -0.2) is 0 Å². The lowest BCUT2D eigenvalue weighted by atomic mass is 9.90. The molecule has 0 spiro atoms. The Hall–Kier alpha value is -2.36. The standard InChI is InChI=1S/C19H22N2O2/c1-23-17-7-5-15(6-8-17)14-16-9-12-21(13-10-16)19(22)18-4-2-3-11-20-18/h2-8,11,16H,9-10,12-14H2,1H3. The van der Waals surface area contributed by atoms with Gasteiger partial charge >= 0.3 is 0 Å². The molecule has 2 heterocycles. The maximum atomic E-state index is 12.4. The number of nitrogens with zero attached hydrogens (tertiary/aromatic N) is 2. The van der Waals surface area contributed by atoms with Crippen LogP contribution in [0.3, 0.4) is 0 Å². The predicted molar refractivity (Wildman–Crippen MR) is 89.6 cm³/mol. The van der Waals surface area contributed by atoms with Gasteiger partial charge in [0.15, 0.2) is 0 Å². The molecule has 4 heteroatoms. The van der Waals surface area contributed by atoms with Gasteiger partial charge in [0.2, 0.25) is 0 Å². The van der Waals surface area contributed by atoms with E-state index >= 15 is 0 Å². The summed E-state index contributed by atoms with van der Waals surface area (Å²) in [7, 11) is 1.68. The molecule has 1 saturated heterocycles. The smallest absolute Gasteiger partial charge is 0.272 e. The third-order valence-corrected chi connectivity index (χ3v) is 4.47. The first-order valence-electron chi connectivity index (χ1n) is 8.09. The van der Waals surface area contributed by atoms with Gasteiger partial charge in [-0.3, -0.25) is 9.78 Å². The summed E-state index contributed by atoms with van der Waals surface area (Å²) >= 11 is 0. The molecule has 4 nitrogen and oxygen atoms in total. The largest absolute Gasteiger partial charge is 0.497 e. The summed E-state index contributed by atoms with van der Waals surface area (Å²) < 4.78 is 5.19. The molecule has 0 atom stereocenters. The highest BCUT2D eigenvalue weighted by atomic mass is 16.5. The van der Waals surface area contributed by atoms with E-state index in [1.165, 1.54) is 5.56 Å². The molecular formula is C19H22N2O2. The third kappa shape index (κ3) is 3.89. The van der Waals surface area contributed by atoms with Crippen molar-refractivity contribution in [2.24, 2.45) is 5.92 Å². The molecule has 2 aromatic rings. The highest BCUT2D eigenvalue weighted by Gasteiger charge is 2.24. The molecule has 1 amide bonds. The van der Waals surface area contributed by atoms with Crippen molar-refractivity contribution in [2.45, 2.75) is 19.3 Å². The van der Waals surface area contributed by atoms with Crippen LogP contribution in [0.5, 0.6) is 5.75 Å². The zero-order chi connectivity index (χ0) is 16.1. The highest BCUT2D eigenvalue weighted by Crippen LogP contribution is 2.23. The number of benzene rings is 1. The Labute approximate surface area is 137 Å². The Balaban J connectivity index is 1.53. The van der Waals surface area contributed by atoms with Crippen LogP contribution in [0.2, 0.25) is 0 Å². The van der Waals surface area contributed by atoms with Crippen LogP contribution in [0, 0.1) is 5.92 Å². The molecule has 1 aliphatic heterocycles. The van der Waals surface area contributed by atoms with Crippen LogP contribution in [0.1, 0.15) is 28.9 Å². The van der Waals surface area contributed by atoms with Gasteiger partial charge in [-0.1, -0.05) is 18.2 Å². The molecule has 0 radical (unpaired) electrons. The minimum absolute atomic E-state index is 0.0495. The molecule has 0 bridgehead atoms. The summed E-state index contributed by atoms with van der Waals surface area (Å²) in [6.07, 6.45) is 4.83. The molecule has 120 valence electrons. The van der Waals surface area contributed by atoms with Gasteiger partial charge in [0.1, 0.15) is 11.4 Å². The zero-order valence-electron chi connectivity index (χ0n) is 13.4. The highest BCUT2D eigenvalue weighted by molar-refractivity contribution is 5.92. The zero-order valence-corrected chi connectivity index (χ0v) is 13.4. The topological polar surface area (TPSA) is 42.4 Å². The van der Waals surface area contributed by atoms with Crippen LogP contribution >= 0.6 is 0 Å². The predicted octanol–water partition coefficient (Wildman–Crippen LogP) is 3.19. The number of methoxy groups -OCH3 is 1. The second kappa shape index (κ2) is 7.27. The lowest BCUT2D eigenvalue weighted by Gasteiger charge is -2.32. The van der Waals surface area contributed by atoms with Crippen molar-refractivity contribution in [1.82, 2.24) is 9.88 Å². The molecule has 23 heavy (non-hydrogen) atoms. The van der Waals surface area contributed by atoms with Gasteiger partial charge in [0, 0.05) is 19.3 Å². The third-order valence-electron chi connectivity index (χ3n) is 4.47. The lowest BCUT2D eigenvalue weighted by Crippen LogP contribution is -2.39. The summed E-state index contributed by atoms with van der Waals surface area (Å²) in [5.74, 6) is 1.58. The summed E-state index contributed by atoms with van der Waals surface area (Å²) in [5.41, 5.74) is 1.88. The van der Waals surface area contributed by atoms with Gasteiger partial charge in [-0.15, -0.1) is 0 Å². The van der Waals surface area contributed by atoms with Crippen molar-refractivity contribution in [2.75, 3.05) is 20.2 Å². The van der Waals surface area contributed by atoms with Crippen LogP contribution in [-0.2, 0) is 6.42 Å². The average molecular weight is 310 g/mol. The minimum atomic E-state index is 0.0495. The maximum absolute atomic E-state index is 12.4. The normalized spacial score (nSPS) is 15.4. The van der Waals surface area contributed by atoms with Crippen molar-refractivity contribution < 1.29 is 9.53 Å². The quantitative estimate of drug-likeness (QED) is 0.871. The molecule has 1 aromatic carbocycles. The molecule has 0 unspecified atom stereocenters. The fourth-order valence-electron chi connectivity index (χ4n) is 3.09. The van der Waals surface area contributed by atoms with Crippen molar-refractivity contribution in [3.05, 3.63) is 59.9 Å². The molecule has 1 aromatic heterocycles. The summed E-state index contributed by atoms with van der Waals surface area (Å²) in [6.45, 7) is 1.63. The second-order valence-electron chi connectivity index (χ2n) is 6.00. The first-order valence-corrected chi connectivity index (χ1v) is 8.09. The van der Waals surface area contributed by atoms with E-state index < -0.39 is 0 Å². The van der Waals surface area contributed by atoms with Crippen LogP contribution in [0.25, 0.3) is 0 Å². The lowest BCUT2D eigenvalue weighted by molar-refractivity contribution is 0.0684. The first kappa shape index (κ1) is 15.5. The van der Waals surface area contributed by atoms with E-state index in [0.29, 0.717) is 11.6 Å². The number of carbonyl (C=O) groups excluding carboxylic acids is 1. The van der Waals surface area contributed by atoms with Crippen LogP contribution in [0.15, 0.2) is 48.7 Å². The van der Waals surface area contributed by atoms with Crippen molar-refractivity contribution in [3.8, 4) is 5.75 Å². The van der Waals surface area contributed by atoms with Crippen molar-refractivity contribution in [1.29, 1.82) is 0 Å². The Bertz CT molecular complexity index is 632. The van der Waals surface area contributed by atoms with E-state index in [0.717, 1.165) is 38.1 Å². The second-order valence-corrected chi connectivity index (χ2v) is 6.00. The molecule has 0 saturated carbocycles. The number of hydrogen-bond donors (Lipinski definition) is 0. The number of rotatable bonds is 4. The number of ether oxygens (including phenoxy) is 1. The van der Waals surface area contributed by atoms with E-state index in [4.69, 9.17) is 4.74 Å².